The van der Waals surface area contributed by atoms with E-state index in [1.165, 1.54) is 39.3 Å². The van der Waals surface area contributed by atoms with Gasteiger partial charge < -0.3 is 23.8 Å². The molecular weight excluding hydrogens is 381 g/mol. The van der Waals surface area contributed by atoms with Crippen LogP contribution in [0.5, 0.6) is 17.2 Å². The average molecular weight is 405 g/mol. The molecule has 29 heavy (non-hydrogen) atoms. The van der Waals surface area contributed by atoms with E-state index in [0.29, 0.717) is 28.4 Å². The highest BCUT2D eigenvalue weighted by molar-refractivity contribution is 5.81. The third kappa shape index (κ3) is 5.84. The van der Waals surface area contributed by atoms with E-state index in [2.05, 4.69) is 0 Å². The highest BCUT2D eigenvalue weighted by atomic mass is 19.1. The molecule has 0 spiro atoms. The van der Waals surface area contributed by atoms with Gasteiger partial charge in [0.05, 0.1) is 27.8 Å². The lowest BCUT2D eigenvalue weighted by Crippen LogP contribution is -2.31. The van der Waals surface area contributed by atoms with Crippen molar-refractivity contribution in [2.75, 3.05) is 35.0 Å². The standard InChI is InChI=1S/C21H24FNO6/c1-23(12-15-7-5-6-8-16(15)22)19(24)13-29-20(25)11-14-9-17(26-2)21(28-4)18(10-14)27-3/h5-10H,11-13H2,1-4H3. The summed E-state index contributed by atoms with van der Waals surface area (Å²) in [6.45, 7) is -0.357. The lowest BCUT2D eigenvalue weighted by atomic mass is 10.1. The van der Waals surface area contributed by atoms with Crippen molar-refractivity contribution in [3.8, 4) is 17.2 Å². The molecule has 156 valence electrons. The number of hydrogen-bond acceptors (Lipinski definition) is 6. The number of nitrogens with zero attached hydrogens (tertiary/aromatic N) is 1. The van der Waals surface area contributed by atoms with Gasteiger partial charge in [-0.15, -0.1) is 0 Å². The van der Waals surface area contributed by atoms with E-state index in [9.17, 15) is 14.0 Å². The van der Waals surface area contributed by atoms with Gasteiger partial charge in [0.15, 0.2) is 18.1 Å². The molecule has 0 saturated heterocycles. The Labute approximate surface area is 168 Å². The van der Waals surface area contributed by atoms with Crippen molar-refractivity contribution in [1.82, 2.24) is 4.90 Å². The molecule has 0 bridgehead atoms. The summed E-state index contributed by atoms with van der Waals surface area (Å²) in [6, 6.07) is 9.45. The Morgan fingerprint density at radius 3 is 2.17 bits per heavy atom. The predicted octanol–water partition coefficient (Wildman–Crippen LogP) is 2.60. The molecule has 2 aromatic carbocycles. The number of carbonyl (C=O) groups excluding carboxylic acids is 2. The summed E-state index contributed by atoms with van der Waals surface area (Å²) in [7, 11) is 5.95. The first-order valence-electron chi connectivity index (χ1n) is 8.81. The van der Waals surface area contributed by atoms with Gasteiger partial charge in [-0.25, -0.2) is 4.39 Å². The number of carbonyl (C=O) groups is 2. The summed E-state index contributed by atoms with van der Waals surface area (Å²) in [4.78, 5) is 25.6. The number of amides is 1. The maximum Gasteiger partial charge on any atom is 0.310 e. The minimum Gasteiger partial charge on any atom is -0.493 e. The second-order valence-electron chi connectivity index (χ2n) is 6.21. The SMILES string of the molecule is COc1cc(CC(=O)OCC(=O)N(C)Cc2ccccc2F)cc(OC)c1OC. The molecule has 1 amide bonds. The number of halogens is 1. The minimum atomic E-state index is -0.591. The van der Waals surface area contributed by atoms with Crippen LogP contribution in [0.25, 0.3) is 0 Å². The zero-order valence-corrected chi connectivity index (χ0v) is 16.9. The van der Waals surface area contributed by atoms with Gasteiger partial charge in [0.25, 0.3) is 5.91 Å². The summed E-state index contributed by atoms with van der Waals surface area (Å²) in [5.74, 6) is -0.187. The maximum atomic E-state index is 13.7. The van der Waals surface area contributed by atoms with Crippen LogP contribution in [0.1, 0.15) is 11.1 Å². The molecule has 0 aliphatic rings. The summed E-state index contributed by atoms with van der Waals surface area (Å²) in [6.07, 6.45) is -0.0823. The van der Waals surface area contributed by atoms with Crippen molar-refractivity contribution in [2.45, 2.75) is 13.0 Å². The van der Waals surface area contributed by atoms with E-state index in [4.69, 9.17) is 18.9 Å². The van der Waals surface area contributed by atoms with Gasteiger partial charge in [-0.05, 0) is 23.8 Å². The van der Waals surface area contributed by atoms with Gasteiger partial charge in [0.2, 0.25) is 5.75 Å². The van der Waals surface area contributed by atoms with Gasteiger partial charge >= 0.3 is 5.97 Å². The maximum absolute atomic E-state index is 13.7. The molecule has 0 aliphatic heterocycles. The number of ether oxygens (including phenoxy) is 4. The molecular formula is C21H24FNO6. The molecule has 2 aromatic rings. The number of benzene rings is 2. The quantitative estimate of drug-likeness (QED) is 0.597. The first kappa shape index (κ1) is 22.0. The number of methoxy groups -OCH3 is 3. The molecule has 0 heterocycles. The third-order valence-corrected chi connectivity index (χ3v) is 4.22. The molecule has 0 unspecified atom stereocenters. The van der Waals surface area contributed by atoms with Crippen molar-refractivity contribution in [2.24, 2.45) is 0 Å². The van der Waals surface area contributed by atoms with Gasteiger partial charge in [0, 0.05) is 19.2 Å². The number of esters is 1. The van der Waals surface area contributed by atoms with Gasteiger partial charge in [0.1, 0.15) is 5.82 Å². The molecule has 0 aliphatic carbocycles. The van der Waals surface area contributed by atoms with E-state index >= 15 is 0 Å². The molecule has 0 radical (unpaired) electrons. The van der Waals surface area contributed by atoms with Gasteiger partial charge in [-0.3, -0.25) is 9.59 Å². The fraction of sp³-hybridized carbons (Fsp3) is 0.333. The number of rotatable bonds is 9. The Balaban J connectivity index is 1.94. The van der Waals surface area contributed by atoms with E-state index in [1.54, 1.807) is 30.3 Å². The van der Waals surface area contributed by atoms with Crippen molar-refractivity contribution < 1.29 is 32.9 Å². The van der Waals surface area contributed by atoms with Crippen molar-refractivity contribution in [1.29, 1.82) is 0 Å². The van der Waals surface area contributed by atoms with Crippen LogP contribution in [0, 0.1) is 5.82 Å². The molecule has 2 rings (SSSR count). The van der Waals surface area contributed by atoms with Crippen molar-refractivity contribution >= 4 is 11.9 Å². The average Bonchev–Trinajstić information content (AvgIpc) is 2.72. The van der Waals surface area contributed by atoms with Crippen LogP contribution < -0.4 is 14.2 Å². The molecule has 8 heteroatoms. The molecule has 0 saturated carbocycles. The fourth-order valence-electron chi connectivity index (χ4n) is 2.68. The smallest absolute Gasteiger partial charge is 0.310 e. The Kier molecular flexibility index (Phi) is 7.82. The molecule has 0 fully saturated rings. The van der Waals surface area contributed by atoms with E-state index < -0.39 is 24.3 Å². The summed E-state index contributed by atoms with van der Waals surface area (Å²) in [5.41, 5.74) is 0.962. The van der Waals surface area contributed by atoms with Gasteiger partial charge in [-0.2, -0.15) is 0 Å². The first-order chi connectivity index (χ1) is 13.9. The Bertz CT molecular complexity index is 845. The Morgan fingerprint density at radius 1 is 1.00 bits per heavy atom. The highest BCUT2D eigenvalue weighted by Crippen LogP contribution is 2.38. The van der Waals surface area contributed by atoms with Crippen LogP contribution in [0.4, 0.5) is 4.39 Å². The fourth-order valence-corrected chi connectivity index (χ4v) is 2.68. The number of hydrogen-bond donors (Lipinski definition) is 0. The van der Waals surface area contributed by atoms with Crippen LogP contribution >= 0.6 is 0 Å². The van der Waals surface area contributed by atoms with Crippen LogP contribution in [0.3, 0.4) is 0 Å². The van der Waals surface area contributed by atoms with E-state index in [0.717, 1.165) is 0 Å². The zero-order chi connectivity index (χ0) is 21.4. The van der Waals surface area contributed by atoms with Crippen molar-refractivity contribution in [3.05, 3.63) is 53.3 Å². The monoisotopic (exact) mass is 405 g/mol. The van der Waals surface area contributed by atoms with Crippen LogP contribution in [0.2, 0.25) is 0 Å². The van der Waals surface area contributed by atoms with Crippen LogP contribution in [0.15, 0.2) is 36.4 Å². The summed E-state index contributed by atoms with van der Waals surface area (Å²) in [5, 5.41) is 0. The highest BCUT2D eigenvalue weighted by Gasteiger charge is 2.17. The van der Waals surface area contributed by atoms with Gasteiger partial charge in [-0.1, -0.05) is 18.2 Å². The first-order valence-corrected chi connectivity index (χ1v) is 8.81. The van der Waals surface area contributed by atoms with E-state index in [-0.39, 0.29) is 13.0 Å². The molecule has 0 N–H and O–H groups in total. The van der Waals surface area contributed by atoms with Crippen molar-refractivity contribution in [3.63, 3.8) is 0 Å². The topological polar surface area (TPSA) is 74.3 Å². The van der Waals surface area contributed by atoms with Crippen LogP contribution in [-0.2, 0) is 27.3 Å². The Morgan fingerprint density at radius 2 is 1.62 bits per heavy atom. The summed E-state index contributed by atoms with van der Waals surface area (Å²) >= 11 is 0. The van der Waals surface area contributed by atoms with Crippen LogP contribution in [-0.4, -0.2) is 51.8 Å². The van der Waals surface area contributed by atoms with E-state index in [1.807, 2.05) is 0 Å². The lowest BCUT2D eigenvalue weighted by molar-refractivity contribution is -0.151. The third-order valence-electron chi connectivity index (χ3n) is 4.22. The Hall–Kier alpha value is -3.29. The zero-order valence-electron chi connectivity index (χ0n) is 16.9. The predicted molar refractivity (Wildman–Crippen MR) is 104 cm³/mol. The molecule has 0 aromatic heterocycles. The minimum absolute atomic E-state index is 0.0793. The lowest BCUT2D eigenvalue weighted by Gasteiger charge is -2.17. The largest absolute Gasteiger partial charge is 0.493 e. The normalized spacial score (nSPS) is 10.2. The second kappa shape index (κ2) is 10.3. The number of likely N-dealkylation sites (N-methyl/N-ethyl adjacent to an activating group) is 1. The summed E-state index contributed by atoms with van der Waals surface area (Å²) < 4.78 is 34.5. The molecule has 0 atom stereocenters. The molecule has 7 nitrogen and oxygen atoms in total. The second-order valence-corrected chi connectivity index (χ2v) is 6.21.